The summed E-state index contributed by atoms with van der Waals surface area (Å²) in [6, 6.07) is 14.6. The quantitative estimate of drug-likeness (QED) is 0.399. The van der Waals surface area contributed by atoms with E-state index in [2.05, 4.69) is 10.4 Å². The molecule has 0 aliphatic carbocycles. The Morgan fingerprint density at radius 3 is 2.53 bits per heavy atom. The van der Waals surface area contributed by atoms with Gasteiger partial charge in [-0.3, -0.25) is 9.59 Å². The van der Waals surface area contributed by atoms with E-state index in [1.807, 2.05) is 38.1 Å². The summed E-state index contributed by atoms with van der Waals surface area (Å²) >= 11 is 1.14. The molecule has 0 aliphatic heterocycles. The van der Waals surface area contributed by atoms with Gasteiger partial charge in [-0.05, 0) is 56.2 Å². The van der Waals surface area contributed by atoms with Crippen LogP contribution >= 0.6 is 11.3 Å². The number of carbonyl (C=O) groups is 2. The number of hydrogen-bond acceptors (Lipinski definition) is 7. The van der Waals surface area contributed by atoms with Crippen LogP contribution < -0.4 is 15.6 Å². The van der Waals surface area contributed by atoms with Gasteiger partial charge in [-0.15, -0.1) is 11.3 Å². The van der Waals surface area contributed by atoms with Gasteiger partial charge in [-0.2, -0.15) is 9.78 Å². The zero-order valence-electron chi connectivity index (χ0n) is 19.0. The Balaban J connectivity index is 1.72. The van der Waals surface area contributed by atoms with E-state index in [1.165, 1.54) is 0 Å². The molecular formula is C25H23N3O5S. The number of fused-ring (bicyclic) bond motifs is 1. The number of carbonyl (C=O) groups excluding carboxylic acids is 2. The summed E-state index contributed by atoms with van der Waals surface area (Å²) in [4.78, 5) is 38.7. The SMILES string of the molecule is CCOC(=O)c1nn(-c2cccc(C)c2)c(=O)c2c(NC(=O)COc3cccc(C)c3)scc12. The normalized spacial score (nSPS) is 10.8. The molecular weight excluding hydrogens is 454 g/mol. The molecule has 2 heterocycles. The molecule has 2 aromatic heterocycles. The van der Waals surface area contributed by atoms with E-state index in [1.54, 1.807) is 36.6 Å². The molecule has 0 radical (unpaired) electrons. The number of anilines is 1. The predicted molar refractivity (Wildman–Crippen MR) is 131 cm³/mol. The van der Waals surface area contributed by atoms with Crippen molar-refractivity contribution in [2.24, 2.45) is 0 Å². The van der Waals surface area contributed by atoms with Crippen molar-refractivity contribution in [3.05, 3.63) is 81.1 Å². The molecule has 2 aromatic carbocycles. The first-order chi connectivity index (χ1) is 16.4. The molecule has 1 amide bonds. The van der Waals surface area contributed by atoms with E-state index in [0.717, 1.165) is 27.1 Å². The predicted octanol–water partition coefficient (Wildman–Crippen LogP) is 4.26. The average Bonchev–Trinajstić information content (AvgIpc) is 3.22. The third kappa shape index (κ3) is 4.84. The van der Waals surface area contributed by atoms with Crippen LogP contribution in [0.4, 0.5) is 5.00 Å². The second kappa shape index (κ2) is 9.88. The van der Waals surface area contributed by atoms with Crippen LogP contribution in [0.2, 0.25) is 0 Å². The van der Waals surface area contributed by atoms with Gasteiger partial charge >= 0.3 is 5.97 Å². The Hall–Kier alpha value is -3.98. The van der Waals surface area contributed by atoms with Crippen LogP contribution in [0, 0.1) is 13.8 Å². The highest BCUT2D eigenvalue weighted by atomic mass is 32.1. The Kier molecular flexibility index (Phi) is 6.74. The fraction of sp³-hybridized carbons (Fsp3) is 0.200. The molecule has 0 saturated carbocycles. The number of nitrogens with zero attached hydrogens (tertiary/aromatic N) is 2. The standard InChI is InChI=1S/C25H23N3O5S/c1-4-32-25(31)22-19-14-34-23(26-20(29)13-33-18-10-6-8-16(3)12-18)21(19)24(30)28(27-22)17-9-5-7-15(2)11-17/h5-12,14H,4,13H2,1-3H3,(H,26,29). The van der Waals surface area contributed by atoms with Crippen molar-refractivity contribution >= 4 is 39.0 Å². The van der Waals surface area contributed by atoms with Crippen molar-refractivity contribution in [2.45, 2.75) is 20.8 Å². The highest BCUT2D eigenvalue weighted by molar-refractivity contribution is 7.16. The lowest BCUT2D eigenvalue weighted by Gasteiger charge is -2.11. The summed E-state index contributed by atoms with van der Waals surface area (Å²) in [5.41, 5.74) is 1.99. The number of ether oxygens (including phenoxy) is 2. The monoisotopic (exact) mass is 477 g/mol. The zero-order chi connectivity index (χ0) is 24.2. The van der Waals surface area contributed by atoms with E-state index in [9.17, 15) is 14.4 Å². The maximum atomic E-state index is 13.4. The van der Waals surface area contributed by atoms with Gasteiger partial charge in [0.2, 0.25) is 0 Å². The maximum Gasteiger partial charge on any atom is 0.359 e. The first-order valence-electron chi connectivity index (χ1n) is 10.7. The lowest BCUT2D eigenvalue weighted by atomic mass is 10.2. The molecule has 9 heteroatoms. The summed E-state index contributed by atoms with van der Waals surface area (Å²) in [6.45, 7) is 5.45. The van der Waals surface area contributed by atoms with Crippen molar-refractivity contribution in [3.8, 4) is 11.4 Å². The third-order valence-electron chi connectivity index (χ3n) is 4.98. The third-order valence-corrected chi connectivity index (χ3v) is 5.88. The minimum atomic E-state index is -0.646. The molecule has 0 aliphatic rings. The van der Waals surface area contributed by atoms with Crippen LogP contribution in [-0.2, 0) is 9.53 Å². The second-order valence-electron chi connectivity index (χ2n) is 7.63. The van der Waals surface area contributed by atoms with Crippen molar-refractivity contribution in [1.29, 1.82) is 0 Å². The molecule has 0 atom stereocenters. The van der Waals surface area contributed by atoms with E-state index in [-0.39, 0.29) is 24.3 Å². The van der Waals surface area contributed by atoms with E-state index in [4.69, 9.17) is 9.47 Å². The van der Waals surface area contributed by atoms with Crippen LogP contribution in [0.25, 0.3) is 16.5 Å². The number of aromatic nitrogens is 2. The highest BCUT2D eigenvalue weighted by Gasteiger charge is 2.23. The van der Waals surface area contributed by atoms with Crippen LogP contribution in [0.5, 0.6) is 5.75 Å². The number of aryl methyl sites for hydroxylation is 2. The first-order valence-corrected chi connectivity index (χ1v) is 11.5. The number of nitrogens with one attached hydrogen (secondary N) is 1. The van der Waals surface area contributed by atoms with Gasteiger partial charge in [0.25, 0.3) is 11.5 Å². The molecule has 4 rings (SSSR count). The van der Waals surface area contributed by atoms with Crippen molar-refractivity contribution in [1.82, 2.24) is 9.78 Å². The van der Waals surface area contributed by atoms with Gasteiger partial charge in [-0.25, -0.2) is 4.79 Å². The highest BCUT2D eigenvalue weighted by Crippen LogP contribution is 2.30. The molecule has 0 bridgehead atoms. The lowest BCUT2D eigenvalue weighted by Crippen LogP contribution is -2.26. The first kappa shape index (κ1) is 23.2. The van der Waals surface area contributed by atoms with Crippen LogP contribution in [0.3, 0.4) is 0 Å². The number of thiophene rings is 1. The van der Waals surface area contributed by atoms with E-state index >= 15 is 0 Å². The molecule has 0 fully saturated rings. The van der Waals surface area contributed by atoms with E-state index in [0.29, 0.717) is 21.8 Å². The molecule has 0 saturated heterocycles. The van der Waals surface area contributed by atoms with Crippen molar-refractivity contribution in [2.75, 3.05) is 18.5 Å². The molecule has 0 unspecified atom stereocenters. The molecule has 0 spiro atoms. The summed E-state index contributed by atoms with van der Waals surface area (Å²) in [5, 5.41) is 9.49. The van der Waals surface area contributed by atoms with Gasteiger partial charge in [0, 0.05) is 10.8 Å². The Morgan fingerprint density at radius 2 is 1.82 bits per heavy atom. The zero-order valence-corrected chi connectivity index (χ0v) is 19.8. The summed E-state index contributed by atoms with van der Waals surface area (Å²) < 4.78 is 11.9. The Bertz CT molecular complexity index is 1440. The van der Waals surface area contributed by atoms with E-state index < -0.39 is 17.4 Å². The van der Waals surface area contributed by atoms with Crippen molar-refractivity contribution in [3.63, 3.8) is 0 Å². The van der Waals surface area contributed by atoms with Crippen LogP contribution in [-0.4, -0.2) is 34.9 Å². The van der Waals surface area contributed by atoms with Gasteiger partial charge in [0.05, 0.1) is 17.7 Å². The summed E-state index contributed by atoms with van der Waals surface area (Å²) in [5.74, 6) is -0.504. The molecule has 4 aromatic rings. The van der Waals surface area contributed by atoms with Gasteiger partial charge in [0.1, 0.15) is 10.8 Å². The molecule has 8 nitrogen and oxygen atoms in total. The maximum absolute atomic E-state index is 13.4. The largest absolute Gasteiger partial charge is 0.484 e. The number of esters is 1. The minimum absolute atomic E-state index is 0.00529. The Labute approximate surface area is 199 Å². The smallest absolute Gasteiger partial charge is 0.359 e. The average molecular weight is 478 g/mol. The number of benzene rings is 2. The van der Waals surface area contributed by atoms with Crippen molar-refractivity contribution < 1.29 is 19.1 Å². The summed E-state index contributed by atoms with van der Waals surface area (Å²) in [6.07, 6.45) is 0. The molecule has 1 N–H and O–H groups in total. The number of hydrogen-bond donors (Lipinski definition) is 1. The summed E-state index contributed by atoms with van der Waals surface area (Å²) in [7, 11) is 0. The molecule has 34 heavy (non-hydrogen) atoms. The van der Waals surface area contributed by atoms with Gasteiger partial charge < -0.3 is 14.8 Å². The Morgan fingerprint density at radius 1 is 1.09 bits per heavy atom. The lowest BCUT2D eigenvalue weighted by molar-refractivity contribution is -0.118. The van der Waals surface area contributed by atoms with Crippen LogP contribution in [0.1, 0.15) is 28.5 Å². The second-order valence-corrected chi connectivity index (χ2v) is 8.51. The van der Waals surface area contributed by atoms with Gasteiger partial charge in [-0.1, -0.05) is 24.3 Å². The fourth-order valence-electron chi connectivity index (χ4n) is 3.44. The number of amides is 1. The minimum Gasteiger partial charge on any atom is -0.484 e. The van der Waals surface area contributed by atoms with Gasteiger partial charge in [0.15, 0.2) is 12.3 Å². The number of rotatable bonds is 7. The molecule has 174 valence electrons. The van der Waals surface area contributed by atoms with Crippen LogP contribution in [0.15, 0.2) is 58.7 Å². The topological polar surface area (TPSA) is 99.5 Å². The fourth-order valence-corrected chi connectivity index (χ4v) is 4.40.